The first kappa shape index (κ1) is 22.3. The van der Waals surface area contributed by atoms with Crippen LogP contribution in [0.5, 0.6) is 5.75 Å². The Morgan fingerprint density at radius 1 is 1.03 bits per heavy atom. The van der Waals surface area contributed by atoms with Crippen LogP contribution in [0.25, 0.3) is 28.1 Å². The lowest BCUT2D eigenvalue weighted by Gasteiger charge is -2.26. The van der Waals surface area contributed by atoms with Crippen LogP contribution in [0.2, 0.25) is 0 Å². The summed E-state index contributed by atoms with van der Waals surface area (Å²) >= 11 is 0. The molecule has 1 aliphatic rings. The summed E-state index contributed by atoms with van der Waals surface area (Å²) in [5, 5.41) is 0. The zero-order chi connectivity index (χ0) is 25.8. The lowest BCUT2D eigenvalue weighted by Crippen LogP contribution is -2.28. The fourth-order valence-electron chi connectivity index (χ4n) is 5.14. The van der Waals surface area contributed by atoms with E-state index in [0.29, 0.717) is 46.3 Å². The first-order chi connectivity index (χ1) is 18.6. The van der Waals surface area contributed by atoms with Gasteiger partial charge in [-0.15, -0.1) is 0 Å². The number of imidazole rings is 2. The van der Waals surface area contributed by atoms with Gasteiger partial charge in [-0.1, -0.05) is 42.5 Å². The molecule has 0 fully saturated rings. The maximum absolute atomic E-state index is 14.6. The summed E-state index contributed by atoms with van der Waals surface area (Å²) in [7, 11) is 0. The van der Waals surface area contributed by atoms with Crippen molar-refractivity contribution >= 4 is 22.2 Å². The fourth-order valence-corrected chi connectivity index (χ4v) is 5.14. The number of H-pyrrole nitrogens is 1. The molecule has 0 spiro atoms. The number of para-hydroxylation sites is 1. The Labute approximate surface area is 214 Å². The first-order valence-corrected chi connectivity index (χ1v) is 12.2. The van der Waals surface area contributed by atoms with Crippen LogP contribution >= 0.6 is 0 Å². The van der Waals surface area contributed by atoms with E-state index in [1.165, 1.54) is 29.1 Å². The molecule has 0 bridgehead atoms. The van der Waals surface area contributed by atoms with Crippen molar-refractivity contribution in [2.24, 2.45) is 0 Å². The molecule has 38 heavy (non-hydrogen) atoms. The van der Waals surface area contributed by atoms with Crippen molar-refractivity contribution in [3.63, 3.8) is 0 Å². The van der Waals surface area contributed by atoms with E-state index in [1.54, 1.807) is 22.8 Å². The number of hydrogen-bond acceptors (Lipinski definition) is 5. The smallest absolute Gasteiger partial charge is 0.328 e. The summed E-state index contributed by atoms with van der Waals surface area (Å²) in [6, 6.07) is 18.2. The highest BCUT2D eigenvalue weighted by Gasteiger charge is 2.29. The largest absolute Gasteiger partial charge is 0.490 e. The lowest BCUT2D eigenvalue weighted by atomic mass is 10.00. The average Bonchev–Trinajstić information content (AvgIpc) is 3.49. The van der Waals surface area contributed by atoms with E-state index in [0.717, 1.165) is 5.56 Å². The topological polar surface area (TPSA) is 90.6 Å². The normalized spacial score (nSPS) is 15.1. The van der Waals surface area contributed by atoms with Crippen molar-refractivity contribution < 1.29 is 13.5 Å². The van der Waals surface area contributed by atoms with E-state index in [2.05, 4.69) is 9.97 Å². The first-order valence-electron chi connectivity index (χ1n) is 12.2. The van der Waals surface area contributed by atoms with Gasteiger partial charge in [0.2, 0.25) is 5.95 Å². The molecule has 1 atom stereocenters. The van der Waals surface area contributed by atoms with Crippen LogP contribution in [0.4, 0.5) is 8.78 Å². The third-order valence-corrected chi connectivity index (χ3v) is 6.88. The van der Waals surface area contributed by atoms with Gasteiger partial charge in [0.1, 0.15) is 17.7 Å². The minimum absolute atomic E-state index is 0.139. The van der Waals surface area contributed by atoms with Gasteiger partial charge in [0.25, 0.3) is 0 Å². The number of nitrogens with one attached hydrogen (secondary N) is 1. The monoisotopic (exact) mass is 510 g/mol. The Hall–Kier alpha value is -4.86. The number of hydrogen-bond donors (Lipinski definition) is 1. The highest BCUT2D eigenvalue weighted by Crippen LogP contribution is 2.37. The van der Waals surface area contributed by atoms with Crippen LogP contribution in [-0.2, 0) is 6.42 Å². The number of halogens is 2. The molecule has 4 heterocycles. The highest BCUT2D eigenvalue weighted by molar-refractivity contribution is 5.79. The third kappa shape index (κ3) is 3.56. The third-order valence-electron chi connectivity index (χ3n) is 6.88. The van der Waals surface area contributed by atoms with E-state index in [4.69, 9.17) is 14.7 Å². The molecule has 1 N–H and O–H groups in total. The summed E-state index contributed by atoms with van der Waals surface area (Å²) in [5.41, 5.74) is 3.71. The molecule has 0 radical (unpaired) electrons. The summed E-state index contributed by atoms with van der Waals surface area (Å²) in [6.07, 6.45) is 2.41. The van der Waals surface area contributed by atoms with Gasteiger partial charge >= 0.3 is 5.69 Å². The number of aromatic nitrogens is 6. The van der Waals surface area contributed by atoms with Crippen molar-refractivity contribution in [2.45, 2.75) is 18.9 Å². The predicted molar refractivity (Wildman–Crippen MR) is 137 cm³/mol. The van der Waals surface area contributed by atoms with Crippen molar-refractivity contribution in [1.82, 2.24) is 29.1 Å². The van der Waals surface area contributed by atoms with Gasteiger partial charge in [0.15, 0.2) is 17.2 Å². The fraction of sp³-hybridized carbons (Fsp3) is 0.143. The second-order valence-electron chi connectivity index (χ2n) is 9.19. The Morgan fingerprint density at radius 2 is 1.89 bits per heavy atom. The number of rotatable bonds is 4. The zero-order valence-corrected chi connectivity index (χ0v) is 19.9. The molecule has 7 rings (SSSR count). The number of aromatic amines is 1. The summed E-state index contributed by atoms with van der Waals surface area (Å²) in [6.45, 7) is 0.248. The van der Waals surface area contributed by atoms with Crippen molar-refractivity contribution in [3.8, 4) is 11.7 Å². The number of nitrogens with zero attached hydrogens (tertiary/aromatic N) is 5. The molecular weight excluding hydrogens is 490 g/mol. The van der Waals surface area contributed by atoms with Crippen LogP contribution < -0.4 is 10.4 Å². The summed E-state index contributed by atoms with van der Waals surface area (Å²) in [4.78, 5) is 30.3. The van der Waals surface area contributed by atoms with E-state index in [9.17, 15) is 13.6 Å². The second kappa shape index (κ2) is 8.62. The van der Waals surface area contributed by atoms with Gasteiger partial charge in [-0.2, -0.15) is 4.98 Å². The zero-order valence-electron chi connectivity index (χ0n) is 19.9. The standard InChI is InChI=1S/C28H20F2N6O2/c29-17-9-10-20-23(14-17)35(15-31-20)27-32-21(13-16-5-2-1-3-6-16)24-26(34-27)36(28(37)33-24)22-11-12-38-25-18(22)7-4-8-19(25)30/h1-10,14-15,22H,11-13H2,(H,33,37)/t22-/m1/s1. The molecule has 0 saturated heterocycles. The quantitative estimate of drug-likeness (QED) is 0.371. The van der Waals surface area contributed by atoms with E-state index >= 15 is 0 Å². The van der Waals surface area contributed by atoms with Gasteiger partial charge in [-0.3, -0.25) is 9.13 Å². The predicted octanol–water partition coefficient (Wildman–Crippen LogP) is 4.70. The van der Waals surface area contributed by atoms with Crippen LogP contribution in [-0.4, -0.2) is 35.7 Å². The minimum atomic E-state index is -0.500. The number of ether oxygens (including phenoxy) is 1. The van der Waals surface area contributed by atoms with E-state index < -0.39 is 17.7 Å². The molecule has 0 aliphatic carbocycles. The molecule has 3 aromatic carbocycles. The molecule has 0 unspecified atom stereocenters. The van der Waals surface area contributed by atoms with Crippen LogP contribution in [0, 0.1) is 11.6 Å². The molecule has 0 amide bonds. The Balaban J connectivity index is 1.49. The number of benzene rings is 3. The average molecular weight is 511 g/mol. The van der Waals surface area contributed by atoms with Crippen LogP contribution in [0.3, 0.4) is 0 Å². The van der Waals surface area contributed by atoms with Gasteiger partial charge in [-0.25, -0.2) is 23.5 Å². The number of fused-ring (bicyclic) bond motifs is 3. The van der Waals surface area contributed by atoms with Crippen LogP contribution in [0.15, 0.2) is 77.9 Å². The van der Waals surface area contributed by atoms with Gasteiger partial charge in [-0.05, 0) is 23.8 Å². The van der Waals surface area contributed by atoms with Crippen LogP contribution in [0.1, 0.15) is 29.3 Å². The maximum atomic E-state index is 14.6. The van der Waals surface area contributed by atoms with E-state index in [1.807, 2.05) is 30.3 Å². The van der Waals surface area contributed by atoms with Crippen molar-refractivity contribution in [1.29, 1.82) is 0 Å². The molecule has 6 aromatic rings. The lowest BCUT2D eigenvalue weighted by molar-refractivity contribution is 0.244. The molecular formula is C28H20F2N6O2. The second-order valence-corrected chi connectivity index (χ2v) is 9.19. The van der Waals surface area contributed by atoms with Crippen molar-refractivity contribution in [3.05, 3.63) is 112 Å². The Morgan fingerprint density at radius 3 is 2.76 bits per heavy atom. The molecule has 10 heteroatoms. The Bertz CT molecular complexity index is 1890. The van der Waals surface area contributed by atoms with Gasteiger partial charge < -0.3 is 9.72 Å². The molecule has 1 aliphatic heterocycles. The van der Waals surface area contributed by atoms with Crippen molar-refractivity contribution in [2.75, 3.05) is 6.61 Å². The van der Waals surface area contributed by atoms with Gasteiger partial charge in [0.05, 0.1) is 29.4 Å². The maximum Gasteiger partial charge on any atom is 0.328 e. The molecule has 8 nitrogen and oxygen atoms in total. The SMILES string of the molecule is O=c1[nH]c2c(Cc3ccccc3)nc(-n3cnc4ccc(F)cc43)nc2n1[C@@H]1CCOc2c(F)cccc21. The minimum Gasteiger partial charge on any atom is -0.490 e. The Kier molecular flexibility index (Phi) is 5.07. The summed E-state index contributed by atoms with van der Waals surface area (Å²) < 4.78 is 37.4. The highest BCUT2D eigenvalue weighted by atomic mass is 19.1. The molecule has 188 valence electrons. The molecule has 3 aromatic heterocycles. The molecule has 0 saturated carbocycles. The summed E-state index contributed by atoms with van der Waals surface area (Å²) in [5.74, 6) is -0.507. The van der Waals surface area contributed by atoms with Gasteiger partial charge in [0, 0.05) is 24.5 Å². The van der Waals surface area contributed by atoms with E-state index in [-0.39, 0.29) is 24.0 Å².